The average molecular weight is 305 g/mol. The van der Waals surface area contributed by atoms with Gasteiger partial charge in [-0.15, -0.1) is 0 Å². The van der Waals surface area contributed by atoms with E-state index in [1.54, 1.807) is 4.90 Å². The van der Waals surface area contributed by atoms with Gasteiger partial charge in [0.25, 0.3) is 0 Å². The Balaban J connectivity index is 1.70. The quantitative estimate of drug-likeness (QED) is 0.804. The number of likely N-dealkylation sites (tertiary alicyclic amines) is 1. The smallest absolute Gasteiger partial charge is 0.317 e. The molecule has 0 spiro atoms. The molecule has 0 radical (unpaired) electrons. The van der Waals surface area contributed by atoms with E-state index >= 15 is 0 Å². The van der Waals surface area contributed by atoms with Crippen LogP contribution in [0.1, 0.15) is 18.4 Å². The van der Waals surface area contributed by atoms with Crippen molar-refractivity contribution in [3.63, 3.8) is 0 Å². The number of hydrogen-bond acceptors (Lipinski definition) is 3. The number of hydrogen-bond donors (Lipinski definition) is 2. The van der Waals surface area contributed by atoms with Gasteiger partial charge in [0.1, 0.15) is 12.4 Å². The van der Waals surface area contributed by atoms with Crippen LogP contribution in [0.3, 0.4) is 0 Å². The van der Waals surface area contributed by atoms with E-state index in [9.17, 15) is 9.59 Å². The molecule has 1 atom stereocenters. The van der Waals surface area contributed by atoms with Crippen molar-refractivity contribution in [2.24, 2.45) is 11.7 Å². The number of rotatable bonds is 5. The van der Waals surface area contributed by atoms with Crippen molar-refractivity contribution < 1.29 is 14.3 Å². The summed E-state index contributed by atoms with van der Waals surface area (Å²) >= 11 is 0. The largest absolute Gasteiger partial charge is 0.492 e. The molecule has 0 aromatic heterocycles. The molecule has 1 heterocycles. The van der Waals surface area contributed by atoms with Gasteiger partial charge >= 0.3 is 6.03 Å². The molecule has 6 nitrogen and oxygen atoms in total. The average Bonchev–Trinajstić information content (AvgIpc) is 2.51. The van der Waals surface area contributed by atoms with Gasteiger partial charge in [0.15, 0.2) is 0 Å². The van der Waals surface area contributed by atoms with Crippen molar-refractivity contribution in [2.75, 3.05) is 26.2 Å². The fourth-order valence-electron chi connectivity index (χ4n) is 2.54. The Labute approximate surface area is 130 Å². The minimum absolute atomic E-state index is 0.168. The zero-order valence-electron chi connectivity index (χ0n) is 12.9. The fraction of sp³-hybridized carbons (Fsp3) is 0.500. The molecule has 1 aromatic rings. The molecular weight excluding hydrogens is 282 g/mol. The third-order valence-corrected chi connectivity index (χ3v) is 3.75. The van der Waals surface area contributed by atoms with Crippen molar-refractivity contribution >= 4 is 11.9 Å². The first-order valence-corrected chi connectivity index (χ1v) is 7.58. The van der Waals surface area contributed by atoms with Gasteiger partial charge in [-0.1, -0.05) is 12.1 Å². The molecule has 6 heteroatoms. The van der Waals surface area contributed by atoms with E-state index in [4.69, 9.17) is 10.5 Å². The van der Waals surface area contributed by atoms with Crippen LogP contribution >= 0.6 is 0 Å². The Hall–Kier alpha value is -2.24. The summed E-state index contributed by atoms with van der Waals surface area (Å²) in [5.74, 6) is 0.226. The highest BCUT2D eigenvalue weighted by Crippen LogP contribution is 2.16. The highest BCUT2D eigenvalue weighted by molar-refractivity contribution is 5.79. The summed E-state index contributed by atoms with van der Waals surface area (Å²) in [6.45, 7) is 3.89. The Morgan fingerprint density at radius 2 is 2.27 bits per heavy atom. The first-order chi connectivity index (χ1) is 10.6. The van der Waals surface area contributed by atoms with Crippen molar-refractivity contribution in [1.82, 2.24) is 10.2 Å². The summed E-state index contributed by atoms with van der Waals surface area (Å²) in [7, 11) is 0. The molecule has 1 aliphatic heterocycles. The first kappa shape index (κ1) is 16.1. The van der Waals surface area contributed by atoms with E-state index in [0.717, 1.165) is 24.2 Å². The normalized spacial score (nSPS) is 17.9. The number of piperidine rings is 1. The molecule has 1 fully saturated rings. The number of nitrogens with two attached hydrogens (primary N) is 1. The Bertz CT molecular complexity index is 533. The highest BCUT2D eigenvalue weighted by atomic mass is 16.5. The van der Waals surface area contributed by atoms with Gasteiger partial charge in [-0.2, -0.15) is 0 Å². The lowest BCUT2D eigenvalue weighted by atomic mass is 9.98. The molecule has 22 heavy (non-hydrogen) atoms. The molecule has 120 valence electrons. The van der Waals surface area contributed by atoms with Crippen LogP contribution in [0.25, 0.3) is 0 Å². The topological polar surface area (TPSA) is 84.7 Å². The van der Waals surface area contributed by atoms with Gasteiger partial charge in [-0.05, 0) is 37.5 Å². The predicted molar refractivity (Wildman–Crippen MR) is 83.6 cm³/mol. The molecule has 3 amide bonds. The van der Waals surface area contributed by atoms with Crippen molar-refractivity contribution in [3.8, 4) is 5.75 Å². The Morgan fingerprint density at radius 3 is 3.00 bits per heavy atom. The summed E-state index contributed by atoms with van der Waals surface area (Å²) < 4.78 is 5.58. The van der Waals surface area contributed by atoms with E-state index in [1.165, 1.54) is 0 Å². The number of aryl methyl sites for hydroxylation is 1. The number of primary amides is 1. The van der Waals surface area contributed by atoms with E-state index < -0.39 is 0 Å². The van der Waals surface area contributed by atoms with Crippen LogP contribution < -0.4 is 15.8 Å². The van der Waals surface area contributed by atoms with E-state index in [1.807, 2.05) is 31.2 Å². The van der Waals surface area contributed by atoms with Gasteiger partial charge in [0, 0.05) is 13.1 Å². The van der Waals surface area contributed by atoms with E-state index in [-0.39, 0.29) is 17.9 Å². The number of carbonyl (C=O) groups is 2. The summed E-state index contributed by atoms with van der Waals surface area (Å²) in [4.78, 5) is 24.9. The lowest BCUT2D eigenvalue weighted by Gasteiger charge is -2.31. The number of carbonyl (C=O) groups excluding carboxylic acids is 2. The molecule has 1 aromatic carbocycles. The third-order valence-electron chi connectivity index (χ3n) is 3.75. The summed E-state index contributed by atoms with van der Waals surface area (Å²) in [5.41, 5.74) is 6.44. The van der Waals surface area contributed by atoms with Crippen LogP contribution in [0.2, 0.25) is 0 Å². The third kappa shape index (κ3) is 4.65. The van der Waals surface area contributed by atoms with E-state index in [2.05, 4.69) is 5.32 Å². The second-order valence-corrected chi connectivity index (χ2v) is 5.58. The second-order valence-electron chi connectivity index (χ2n) is 5.58. The van der Waals surface area contributed by atoms with E-state index in [0.29, 0.717) is 26.2 Å². The molecule has 1 aliphatic rings. The Morgan fingerprint density at radius 1 is 1.45 bits per heavy atom. The zero-order chi connectivity index (χ0) is 15.9. The maximum Gasteiger partial charge on any atom is 0.317 e. The lowest BCUT2D eigenvalue weighted by molar-refractivity contribution is -0.123. The number of benzene rings is 1. The van der Waals surface area contributed by atoms with Crippen molar-refractivity contribution in [1.29, 1.82) is 0 Å². The minimum atomic E-state index is -0.333. The molecule has 3 N–H and O–H groups in total. The zero-order valence-corrected chi connectivity index (χ0v) is 12.9. The number of amides is 3. The number of nitrogens with zero attached hydrogens (tertiary/aromatic N) is 1. The second kappa shape index (κ2) is 7.68. The molecule has 2 rings (SSSR count). The predicted octanol–water partition coefficient (Wildman–Crippen LogP) is 1.28. The number of ether oxygens (including phenoxy) is 1. The Kier molecular flexibility index (Phi) is 5.63. The van der Waals surface area contributed by atoms with Gasteiger partial charge in [0.2, 0.25) is 5.91 Å². The molecule has 0 aliphatic carbocycles. The standard InChI is InChI=1S/C16H23N3O3/c1-12-4-2-6-14(10-12)22-9-7-18-16(21)19-8-3-5-13(11-19)15(17)20/h2,4,6,10,13H,3,5,7-9,11H2,1H3,(H2,17,20)(H,18,21)/t13-/m1/s1. The molecule has 0 saturated carbocycles. The monoisotopic (exact) mass is 305 g/mol. The van der Waals surface area contributed by atoms with Gasteiger partial charge in [-0.3, -0.25) is 4.79 Å². The van der Waals surface area contributed by atoms with Gasteiger partial charge in [0.05, 0.1) is 12.5 Å². The molecule has 0 bridgehead atoms. The molecule has 0 unspecified atom stereocenters. The van der Waals surface area contributed by atoms with Crippen LogP contribution in [0, 0.1) is 12.8 Å². The van der Waals surface area contributed by atoms with Crippen LogP contribution in [-0.2, 0) is 4.79 Å². The maximum absolute atomic E-state index is 12.0. The first-order valence-electron chi connectivity index (χ1n) is 7.58. The summed E-state index contributed by atoms with van der Waals surface area (Å²) in [6, 6.07) is 7.60. The van der Waals surface area contributed by atoms with Crippen molar-refractivity contribution in [3.05, 3.63) is 29.8 Å². The van der Waals surface area contributed by atoms with Crippen LogP contribution in [0.4, 0.5) is 4.79 Å². The lowest BCUT2D eigenvalue weighted by Crippen LogP contribution is -2.48. The van der Waals surface area contributed by atoms with Crippen LogP contribution in [0.5, 0.6) is 5.75 Å². The molecular formula is C16H23N3O3. The summed E-state index contributed by atoms with van der Waals surface area (Å²) in [6.07, 6.45) is 1.57. The van der Waals surface area contributed by atoms with Crippen molar-refractivity contribution in [2.45, 2.75) is 19.8 Å². The van der Waals surface area contributed by atoms with Crippen LogP contribution in [0.15, 0.2) is 24.3 Å². The SMILES string of the molecule is Cc1cccc(OCCNC(=O)N2CCC[C@@H](C(N)=O)C2)c1. The summed E-state index contributed by atoms with van der Waals surface area (Å²) in [5, 5.41) is 2.81. The van der Waals surface area contributed by atoms with Gasteiger partial charge in [-0.25, -0.2) is 4.79 Å². The fourth-order valence-corrected chi connectivity index (χ4v) is 2.54. The molecule has 1 saturated heterocycles. The maximum atomic E-state index is 12.0. The minimum Gasteiger partial charge on any atom is -0.492 e. The number of urea groups is 1. The highest BCUT2D eigenvalue weighted by Gasteiger charge is 2.26. The number of nitrogens with one attached hydrogen (secondary N) is 1. The van der Waals surface area contributed by atoms with Crippen LogP contribution in [-0.4, -0.2) is 43.1 Å². The van der Waals surface area contributed by atoms with Gasteiger partial charge < -0.3 is 20.7 Å².